The molecule has 2 amide bonds. The van der Waals surface area contributed by atoms with Crippen LogP contribution in [0.5, 0.6) is 0 Å². The molecule has 2 fully saturated rings. The summed E-state index contributed by atoms with van der Waals surface area (Å²) in [5, 5.41) is 6.15. The molecular weight excluding hydrogens is 376 g/mol. The number of rotatable bonds is 7. The van der Waals surface area contributed by atoms with Gasteiger partial charge in [-0.3, -0.25) is 14.5 Å². The van der Waals surface area contributed by atoms with Crippen molar-refractivity contribution in [2.24, 2.45) is 11.8 Å². The summed E-state index contributed by atoms with van der Waals surface area (Å²) in [6.07, 6.45) is 5.54. The van der Waals surface area contributed by atoms with Crippen LogP contribution in [-0.2, 0) is 9.59 Å². The first-order valence-corrected chi connectivity index (χ1v) is 10.9. The number of nitrogens with zero attached hydrogens (tertiary/aromatic N) is 2. The number of benzene rings is 1. The van der Waals surface area contributed by atoms with Crippen LogP contribution in [0.15, 0.2) is 48.7 Å². The van der Waals surface area contributed by atoms with E-state index in [4.69, 9.17) is 0 Å². The molecule has 0 bridgehead atoms. The number of likely N-dealkylation sites (tertiary alicyclic amines) is 1. The van der Waals surface area contributed by atoms with Gasteiger partial charge in [-0.05, 0) is 69.3 Å². The van der Waals surface area contributed by atoms with E-state index in [0.717, 1.165) is 25.9 Å². The summed E-state index contributed by atoms with van der Waals surface area (Å²) in [4.78, 5) is 31.5. The van der Waals surface area contributed by atoms with E-state index in [1.165, 1.54) is 24.0 Å². The third-order valence-electron chi connectivity index (χ3n) is 6.09. The van der Waals surface area contributed by atoms with Gasteiger partial charge in [-0.1, -0.05) is 35.9 Å². The molecule has 0 spiro atoms. The van der Waals surface area contributed by atoms with E-state index in [1.807, 2.05) is 12.1 Å². The molecule has 1 unspecified atom stereocenters. The van der Waals surface area contributed by atoms with Crippen molar-refractivity contribution < 1.29 is 9.59 Å². The molecule has 1 saturated heterocycles. The van der Waals surface area contributed by atoms with Crippen molar-refractivity contribution in [1.29, 1.82) is 0 Å². The van der Waals surface area contributed by atoms with Gasteiger partial charge in [0.25, 0.3) is 0 Å². The Balaban J connectivity index is 1.24. The summed E-state index contributed by atoms with van der Waals surface area (Å²) < 4.78 is 0. The summed E-state index contributed by atoms with van der Waals surface area (Å²) in [7, 11) is 0. The van der Waals surface area contributed by atoms with Crippen molar-refractivity contribution in [2.45, 2.75) is 38.6 Å². The Hall–Kier alpha value is -2.73. The molecule has 2 N–H and O–H groups in total. The van der Waals surface area contributed by atoms with Gasteiger partial charge in [0.1, 0.15) is 5.82 Å². The summed E-state index contributed by atoms with van der Waals surface area (Å²) in [6, 6.07) is 14.1. The van der Waals surface area contributed by atoms with E-state index in [9.17, 15) is 9.59 Å². The van der Waals surface area contributed by atoms with Gasteiger partial charge in [0, 0.05) is 12.1 Å². The molecule has 6 nitrogen and oxygen atoms in total. The number of piperidine rings is 1. The molecule has 2 aliphatic rings. The zero-order valence-corrected chi connectivity index (χ0v) is 17.5. The summed E-state index contributed by atoms with van der Waals surface area (Å²) in [5.41, 5.74) is 2.43. The van der Waals surface area contributed by atoms with E-state index in [-0.39, 0.29) is 23.8 Å². The van der Waals surface area contributed by atoms with Crippen molar-refractivity contribution in [1.82, 2.24) is 15.2 Å². The van der Waals surface area contributed by atoms with Crippen molar-refractivity contribution in [3.05, 3.63) is 59.8 Å². The summed E-state index contributed by atoms with van der Waals surface area (Å²) in [6.45, 7) is 3.98. The molecule has 158 valence electrons. The van der Waals surface area contributed by atoms with Crippen LogP contribution in [0.25, 0.3) is 0 Å². The van der Waals surface area contributed by atoms with Gasteiger partial charge in [-0.25, -0.2) is 4.98 Å². The zero-order valence-electron chi connectivity index (χ0n) is 17.5. The first-order valence-electron chi connectivity index (χ1n) is 10.9. The second-order valence-corrected chi connectivity index (χ2v) is 8.55. The minimum Gasteiger partial charge on any atom is -0.348 e. The van der Waals surface area contributed by atoms with Gasteiger partial charge < -0.3 is 10.6 Å². The van der Waals surface area contributed by atoms with Gasteiger partial charge in [-0.2, -0.15) is 0 Å². The fourth-order valence-corrected chi connectivity index (χ4v) is 4.12. The summed E-state index contributed by atoms with van der Waals surface area (Å²) >= 11 is 0. The second kappa shape index (κ2) is 9.39. The van der Waals surface area contributed by atoms with Crippen molar-refractivity contribution >= 4 is 17.6 Å². The molecule has 30 heavy (non-hydrogen) atoms. The van der Waals surface area contributed by atoms with Crippen molar-refractivity contribution in [2.75, 3.05) is 25.0 Å². The number of carbonyl (C=O) groups is 2. The van der Waals surface area contributed by atoms with Crippen LogP contribution < -0.4 is 10.6 Å². The minimum atomic E-state index is -0.0295. The topological polar surface area (TPSA) is 74.3 Å². The largest absolute Gasteiger partial charge is 0.348 e. The van der Waals surface area contributed by atoms with Gasteiger partial charge in [0.2, 0.25) is 11.8 Å². The average Bonchev–Trinajstić information content (AvgIpc) is 3.59. The number of hydrogen-bond donors (Lipinski definition) is 2. The number of aromatic nitrogens is 1. The van der Waals surface area contributed by atoms with Crippen LogP contribution in [-0.4, -0.2) is 41.3 Å². The number of pyridine rings is 1. The Morgan fingerprint density at radius 1 is 1.07 bits per heavy atom. The summed E-state index contributed by atoms with van der Waals surface area (Å²) in [5.74, 6) is 1.21. The molecule has 1 atom stereocenters. The lowest BCUT2D eigenvalue weighted by atomic mass is 9.96. The lowest BCUT2D eigenvalue weighted by Gasteiger charge is -2.31. The van der Waals surface area contributed by atoms with Crippen molar-refractivity contribution in [3.8, 4) is 0 Å². The number of hydrogen-bond acceptors (Lipinski definition) is 4. The highest BCUT2D eigenvalue weighted by Gasteiger charge is 2.34. The quantitative estimate of drug-likeness (QED) is 0.740. The molecule has 1 aromatic heterocycles. The normalized spacial score (nSPS) is 18.6. The van der Waals surface area contributed by atoms with E-state index in [1.54, 1.807) is 12.3 Å². The maximum absolute atomic E-state index is 12.7. The Labute approximate surface area is 178 Å². The fourth-order valence-electron chi connectivity index (χ4n) is 4.12. The minimum absolute atomic E-state index is 0.0194. The molecule has 4 rings (SSSR count). The Morgan fingerprint density at radius 2 is 1.80 bits per heavy atom. The Morgan fingerprint density at radius 3 is 2.43 bits per heavy atom. The first kappa shape index (κ1) is 20.5. The van der Waals surface area contributed by atoms with Crippen LogP contribution in [0.4, 0.5) is 5.82 Å². The van der Waals surface area contributed by atoms with E-state index >= 15 is 0 Å². The highest BCUT2D eigenvalue weighted by Crippen LogP contribution is 2.41. The highest BCUT2D eigenvalue weighted by atomic mass is 16.2. The smallest absolute Gasteiger partial charge is 0.234 e. The molecule has 1 aromatic carbocycles. The van der Waals surface area contributed by atoms with E-state index in [2.05, 4.69) is 51.7 Å². The molecule has 6 heteroatoms. The lowest BCUT2D eigenvalue weighted by molar-refractivity contribution is -0.124. The SMILES string of the molecule is Cc1ccc(C(NC(=O)CN2CCC(C(=O)Nc3ccccn3)CC2)C2CC2)cc1. The maximum atomic E-state index is 12.7. The third kappa shape index (κ3) is 5.45. The second-order valence-electron chi connectivity index (χ2n) is 8.55. The standard InChI is InChI=1S/C24H30N4O2/c1-17-5-7-18(8-6-17)23(19-9-10-19)27-22(29)16-28-14-11-20(12-15-28)24(30)26-21-4-2-3-13-25-21/h2-8,13,19-20,23H,9-12,14-16H2,1H3,(H,27,29)(H,25,26,30). The van der Waals surface area contributed by atoms with E-state index in [0.29, 0.717) is 18.3 Å². The Bertz CT molecular complexity index is 857. The molecule has 0 radical (unpaired) electrons. The molecule has 2 aromatic rings. The van der Waals surface area contributed by atoms with Gasteiger partial charge in [0.05, 0.1) is 12.6 Å². The van der Waals surface area contributed by atoms with Crippen LogP contribution in [0, 0.1) is 18.8 Å². The number of aryl methyl sites for hydroxylation is 1. The predicted octanol–water partition coefficient (Wildman–Crippen LogP) is 3.31. The van der Waals surface area contributed by atoms with Crippen LogP contribution in [0.3, 0.4) is 0 Å². The number of nitrogens with one attached hydrogen (secondary N) is 2. The van der Waals surface area contributed by atoms with Crippen molar-refractivity contribution in [3.63, 3.8) is 0 Å². The number of anilines is 1. The van der Waals surface area contributed by atoms with E-state index < -0.39 is 0 Å². The number of amides is 2. The van der Waals surface area contributed by atoms with Crippen LogP contribution in [0.2, 0.25) is 0 Å². The van der Waals surface area contributed by atoms with Crippen LogP contribution >= 0.6 is 0 Å². The molecule has 2 heterocycles. The van der Waals surface area contributed by atoms with Gasteiger partial charge in [-0.15, -0.1) is 0 Å². The first-order chi connectivity index (χ1) is 14.6. The zero-order chi connectivity index (χ0) is 20.9. The number of carbonyl (C=O) groups excluding carboxylic acids is 2. The maximum Gasteiger partial charge on any atom is 0.234 e. The molecule has 1 saturated carbocycles. The molecular formula is C24H30N4O2. The fraction of sp³-hybridized carbons (Fsp3) is 0.458. The van der Waals surface area contributed by atoms with Gasteiger partial charge in [0.15, 0.2) is 0 Å². The van der Waals surface area contributed by atoms with Crippen LogP contribution in [0.1, 0.15) is 42.9 Å². The van der Waals surface area contributed by atoms with Gasteiger partial charge >= 0.3 is 0 Å². The predicted molar refractivity (Wildman–Crippen MR) is 117 cm³/mol. The Kier molecular flexibility index (Phi) is 6.43. The monoisotopic (exact) mass is 406 g/mol. The average molecular weight is 407 g/mol. The molecule has 1 aliphatic heterocycles. The highest BCUT2D eigenvalue weighted by molar-refractivity contribution is 5.91. The molecule has 1 aliphatic carbocycles. The lowest BCUT2D eigenvalue weighted by Crippen LogP contribution is -2.44. The third-order valence-corrected chi connectivity index (χ3v) is 6.09.